The van der Waals surface area contributed by atoms with Gasteiger partial charge in [-0.2, -0.15) is 0 Å². The first-order valence-electron chi connectivity index (χ1n) is 8.64. The van der Waals surface area contributed by atoms with Crippen LogP contribution in [-0.4, -0.2) is 5.11 Å². The monoisotopic (exact) mass is 396 g/mol. The first kappa shape index (κ1) is 17.9. The Kier molecular flexibility index (Phi) is 5.08. The van der Waals surface area contributed by atoms with Gasteiger partial charge in [-0.15, -0.1) is 0 Å². The average Bonchev–Trinajstić information content (AvgIpc) is 2.69. The van der Waals surface area contributed by atoms with Gasteiger partial charge in [0.2, 0.25) is 0 Å². The van der Waals surface area contributed by atoms with Crippen LogP contribution in [0.3, 0.4) is 0 Å². The third-order valence-corrected chi connectivity index (χ3v) is 5.11. The standard InChI is InChI=1S/C22H18Cl2N2O/c23-16-9-5-14(6-10-16)19-13-20(18-3-1-2-4-21(18)27)26-22(25-19)15-7-11-17(24)12-8-15/h1-13,20,22,25-27H. The highest BCUT2D eigenvalue weighted by Crippen LogP contribution is 2.33. The Morgan fingerprint density at radius 3 is 2.07 bits per heavy atom. The van der Waals surface area contributed by atoms with E-state index in [2.05, 4.69) is 16.7 Å². The molecular weight excluding hydrogens is 379 g/mol. The second-order valence-corrected chi connectivity index (χ2v) is 7.29. The Labute approximate surface area is 168 Å². The Hall–Kier alpha value is -2.46. The van der Waals surface area contributed by atoms with Gasteiger partial charge in [0.05, 0.1) is 6.04 Å². The Balaban J connectivity index is 1.75. The van der Waals surface area contributed by atoms with Gasteiger partial charge in [-0.3, -0.25) is 5.32 Å². The predicted molar refractivity (Wildman–Crippen MR) is 111 cm³/mol. The quantitative estimate of drug-likeness (QED) is 0.533. The van der Waals surface area contributed by atoms with Crippen LogP contribution in [0.15, 0.2) is 78.9 Å². The molecule has 4 rings (SSSR count). The number of rotatable bonds is 3. The van der Waals surface area contributed by atoms with Gasteiger partial charge in [0.15, 0.2) is 0 Å². The number of benzene rings is 3. The summed E-state index contributed by atoms with van der Waals surface area (Å²) in [5, 5.41) is 18.8. The summed E-state index contributed by atoms with van der Waals surface area (Å²) in [5.74, 6) is 0.262. The van der Waals surface area contributed by atoms with Gasteiger partial charge in [0, 0.05) is 21.3 Å². The zero-order valence-electron chi connectivity index (χ0n) is 14.4. The van der Waals surface area contributed by atoms with E-state index in [0.29, 0.717) is 10.0 Å². The van der Waals surface area contributed by atoms with Crippen LogP contribution in [-0.2, 0) is 0 Å². The van der Waals surface area contributed by atoms with E-state index in [1.165, 1.54) is 0 Å². The molecule has 0 aromatic heterocycles. The molecular formula is C22H18Cl2N2O. The highest BCUT2D eigenvalue weighted by Gasteiger charge is 2.25. The van der Waals surface area contributed by atoms with Crippen LogP contribution in [0.5, 0.6) is 5.75 Å². The van der Waals surface area contributed by atoms with Crippen LogP contribution in [0.25, 0.3) is 5.70 Å². The van der Waals surface area contributed by atoms with E-state index in [1.54, 1.807) is 6.07 Å². The van der Waals surface area contributed by atoms with Crippen LogP contribution in [0.2, 0.25) is 10.0 Å². The van der Waals surface area contributed by atoms with Crippen molar-refractivity contribution in [2.75, 3.05) is 0 Å². The largest absolute Gasteiger partial charge is 0.508 e. The minimum Gasteiger partial charge on any atom is -0.508 e. The molecule has 136 valence electrons. The van der Waals surface area contributed by atoms with Crippen molar-refractivity contribution in [1.82, 2.24) is 10.6 Å². The summed E-state index contributed by atoms with van der Waals surface area (Å²) in [4.78, 5) is 0. The zero-order valence-corrected chi connectivity index (χ0v) is 15.9. The lowest BCUT2D eigenvalue weighted by atomic mass is 9.98. The van der Waals surface area contributed by atoms with Gasteiger partial charge in [-0.25, -0.2) is 0 Å². The molecule has 0 saturated heterocycles. The van der Waals surface area contributed by atoms with Crippen LogP contribution in [0.1, 0.15) is 28.9 Å². The van der Waals surface area contributed by atoms with Crippen molar-refractivity contribution < 1.29 is 5.11 Å². The van der Waals surface area contributed by atoms with Crippen molar-refractivity contribution in [3.63, 3.8) is 0 Å². The highest BCUT2D eigenvalue weighted by molar-refractivity contribution is 6.30. The molecule has 0 bridgehead atoms. The molecule has 2 atom stereocenters. The fourth-order valence-corrected chi connectivity index (χ4v) is 3.47. The predicted octanol–water partition coefficient (Wildman–Crippen LogP) is 5.67. The normalized spacial score (nSPS) is 19.3. The number of phenolic OH excluding ortho intramolecular Hbond substituents is 1. The third-order valence-electron chi connectivity index (χ3n) is 4.61. The van der Waals surface area contributed by atoms with E-state index < -0.39 is 0 Å². The van der Waals surface area contributed by atoms with Gasteiger partial charge in [-0.05, 0) is 47.5 Å². The van der Waals surface area contributed by atoms with E-state index in [-0.39, 0.29) is 18.0 Å². The van der Waals surface area contributed by atoms with E-state index >= 15 is 0 Å². The Bertz CT molecular complexity index is 968. The fourth-order valence-electron chi connectivity index (χ4n) is 3.21. The van der Waals surface area contributed by atoms with Crippen molar-refractivity contribution in [2.45, 2.75) is 12.2 Å². The molecule has 0 aliphatic carbocycles. The lowest BCUT2D eigenvalue weighted by molar-refractivity contribution is 0.419. The summed E-state index contributed by atoms with van der Waals surface area (Å²) >= 11 is 12.1. The molecule has 3 aromatic rings. The molecule has 3 aromatic carbocycles. The number of phenols is 1. The maximum atomic E-state index is 10.3. The topological polar surface area (TPSA) is 44.3 Å². The van der Waals surface area contributed by atoms with Crippen LogP contribution in [0.4, 0.5) is 0 Å². The molecule has 0 amide bonds. The first-order chi connectivity index (χ1) is 13.1. The summed E-state index contributed by atoms with van der Waals surface area (Å²) in [6.45, 7) is 0. The van der Waals surface area contributed by atoms with Crippen molar-refractivity contribution in [3.05, 3.63) is 106 Å². The van der Waals surface area contributed by atoms with E-state index in [1.807, 2.05) is 66.7 Å². The van der Waals surface area contributed by atoms with Crippen molar-refractivity contribution in [1.29, 1.82) is 0 Å². The smallest absolute Gasteiger partial charge is 0.120 e. The maximum absolute atomic E-state index is 10.3. The maximum Gasteiger partial charge on any atom is 0.120 e. The lowest BCUT2D eigenvalue weighted by Gasteiger charge is -2.33. The molecule has 0 spiro atoms. The van der Waals surface area contributed by atoms with Gasteiger partial charge in [-0.1, -0.05) is 65.7 Å². The molecule has 27 heavy (non-hydrogen) atoms. The van der Waals surface area contributed by atoms with Crippen LogP contribution >= 0.6 is 23.2 Å². The molecule has 2 unspecified atom stereocenters. The lowest BCUT2D eigenvalue weighted by Crippen LogP contribution is -2.39. The molecule has 1 aliphatic heterocycles. The van der Waals surface area contributed by atoms with Crippen molar-refractivity contribution in [2.24, 2.45) is 0 Å². The van der Waals surface area contributed by atoms with Crippen molar-refractivity contribution >= 4 is 28.9 Å². The summed E-state index contributed by atoms with van der Waals surface area (Å²) in [5.41, 5.74) is 3.88. The number of halogens is 2. The van der Waals surface area contributed by atoms with Crippen molar-refractivity contribution in [3.8, 4) is 5.75 Å². The van der Waals surface area contributed by atoms with Gasteiger partial charge >= 0.3 is 0 Å². The third kappa shape index (κ3) is 3.96. The molecule has 5 heteroatoms. The van der Waals surface area contributed by atoms with Crippen LogP contribution < -0.4 is 10.6 Å². The minimum atomic E-state index is -0.154. The second kappa shape index (κ2) is 7.65. The summed E-state index contributed by atoms with van der Waals surface area (Å²) < 4.78 is 0. The highest BCUT2D eigenvalue weighted by atomic mass is 35.5. The number of aromatic hydroxyl groups is 1. The summed E-state index contributed by atoms with van der Waals surface area (Å²) in [6, 6.07) is 22.6. The van der Waals surface area contributed by atoms with E-state index in [9.17, 15) is 5.11 Å². The minimum absolute atomic E-state index is 0.137. The first-order valence-corrected chi connectivity index (χ1v) is 9.39. The van der Waals surface area contributed by atoms with Gasteiger partial charge in [0.1, 0.15) is 11.9 Å². The molecule has 0 saturated carbocycles. The number of para-hydroxylation sites is 1. The zero-order chi connectivity index (χ0) is 18.8. The molecule has 1 heterocycles. The van der Waals surface area contributed by atoms with Gasteiger partial charge in [0.25, 0.3) is 0 Å². The molecule has 0 radical (unpaired) electrons. The van der Waals surface area contributed by atoms with Crippen LogP contribution in [0, 0.1) is 0 Å². The molecule has 0 fully saturated rings. The number of hydrogen-bond donors (Lipinski definition) is 3. The SMILES string of the molecule is Oc1ccccc1C1C=C(c2ccc(Cl)cc2)NC(c2ccc(Cl)cc2)N1. The fraction of sp³-hybridized carbons (Fsp3) is 0.0909. The molecule has 1 aliphatic rings. The Morgan fingerprint density at radius 2 is 1.41 bits per heavy atom. The number of hydrogen-bond acceptors (Lipinski definition) is 3. The summed E-state index contributed by atoms with van der Waals surface area (Å²) in [7, 11) is 0. The number of nitrogens with one attached hydrogen (secondary N) is 2. The van der Waals surface area contributed by atoms with Gasteiger partial charge < -0.3 is 10.4 Å². The van der Waals surface area contributed by atoms with E-state index in [4.69, 9.17) is 23.2 Å². The Morgan fingerprint density at radius 1 is 0.778 bits per heavy atom. The second-order valence-electron chi connectivity index (χ2n) is 6.42. The molecule has 3 N–H and O–H groups in total. The van der Waals surface area contributed by atoms with E-state index in [0.717, 1.165) is 22.4 Å². The summed E-state index contributed by atoms with van der Waals surface area (Å²) in [6.07, 6.45) is 1.94. The molecule has 3 nitrogen and oxygen atoms in total. The average molecular weight is 397 g/mol.